The van der Waals surface area contributed by atoms with Crippen LogP contribution >= 0.6 is 0 Å². The fraction of sp³-hybridized carbons (Fsp3) is 0.172. The summed E-state index contributed by atoms with van der Waals surface area (Å²) in [6, 6.07) is 19.3. The molecule has 2 aliphatic rings. The van der Waals surface area contributed by atoms with Crippen LogP contribution < -0.4 is 19.9 Å². The first-order valence-electron chi connectivity index (χ1n) is 10.7. The molecule has 0 heterocycles. The summed E-state index contributed by atoms with van der Waals surface area (Å²) in [5.74, 6) is 1.53. The molecule has 0 unspecified atom stereocenters. The van der Waals surface area contributed by atoms with Gasteiger partial charge in [0.15, 0.2) is 11.5 Å². The number of allylic oxidation sites excluding steroid dienone is 4. The normalized spacial score (nSPS) is 13.7. The van der Waals surface area contributed by atoms with Crippen LogP contribution in [0.3, 0.4) is 0 Å². The third-order valence-corrected chi connectivity index (χ3v) is 6.26. The van der Waals surface area contributed by atoms with Gasteiger partial charge in [-0.3, -0.25) is 0 Å². The van der Waals surface area contributed by atoms with E-state index in [1.807, 2.05) is 12.1 Å². The van der Waals surface area contributed by atoms with Gasteiger partial charge in [0, 0.05) is 5.56 Å². The first-order chi connectivity index (χ1) is 15.1. The van der Waals surface area contributed by atoms with E-state index in [1.165, 1.54) is 48.7 Å². The fourth-order valence-electron chi connectivity index (χ4n) is 4.86. The van der Waals surface area contributed by atoms with Crippen molar-refractivity contribution >= 4 is 22.8 Å². The molecule has 0 fully saturated rings. The van der Waals surface area contributed by atoms with Gasteiger partial charge >= 0.3 is 0 Å². The van der Waals surface area contributed by atoms with Gasteiger partial charge < -0.3 is 9.47 Å². The van der Waals surface area contributed by atoms with Crippen LogP contribution in [0.15, 0.2) is 66.7 Å². The second kappa shape index (κ2) is 7.63. The van der Waals surface area contributed by atoms with E-state index in [0.717, 1.165) is 23.5 Å². The lowest BCUT2D eigenvalue weighted by atomic mass is 9.89. The maximum absolute atomic E-state index is 5.78. The fourth-order valence-corrected chi connectivity index (χ4v) is 4.86. The van der Waals surface area contributed by atoms with Crippen molar-refractivity contribution in [1.82, 2.24) is 0 Å². The summed E-state index contributed by atoms with van der Waals surface area (Å²) >= 11 is 0. The summed E-state index contributed by atoms with van der Waals surface area (Å²) in [6.07, 6.45) is 7.72. The van der Waals surface area contributed by atoms with Gasteiger partial charge in [-0.1, -0.05) is 66.3 Å². The number of methoxy groups -OCH3 is 2. The SMILES string of the molecule is COc1cccc(C2=C(c3c4c(ccc3=C(C)C)=c3ccccc3=C4)CC=C2)c1OC. The van der Waals surface area contributed by atoms with Crippen molar-refractivity contribution < 1.29 is 9.47 Å². The molecule has 2 aliphatic carbocycles. The Labute approximate surface area is 182 Å². The maximum atomic E-state index is 5.78. The van der Waals surface area contributed by atoms with Crippen LogP contribution in [0.25, 0.3) is 22.8 Å². The zero-order valence-corrected chi connectivity index (χ0v) is 18.5. The highest BCUT2D eigenvalue weighted by Crippen LogP contribution is 2.42. The van der Waals surface area contributed by atoms with Crippen molar-refractivity contribution in [3.63, 3.8) is 0 Å². The molecule has 3 aromatic rings. The average molecular weight is 407 g/mol. The van der Waals surface area contributed by atoms with Crippen molar-refractivity contribution in [3.05, 3.63) is 104 Å². The van der Waals surface area contributed by atoms with Crippen molar-refractivity contribution in [3.8, 4) is 11.5 Å². The Morgan fingerprint density at radius 2 is 1.68 bits per heavy atom. The Hall–Kier alpha value is -3.52. The highest BCUT2D eigenvalue weighted by molar-refractivity contribution is 6.02. The van der Waals surface area contributed by atoms with Crippen molar-refractivity contribution in [1.29, 1.82) is 0 Å². The van der Waals surface area contributed by atoms with E-state index >= 15 is 0 Å². The van der Waals surface area contributed by atoms with Crippen LogP contribution in [0, 0.1) is 10.4 Å². The third-order valence-electron chi connectivity index (χ3n) is 6.26. The molecule has 0 bridgehead atoms. The number of hydrogen-bond donors (Lipinski definition) is 0. The van der Waals surface area contributed by atoms with E-state index in [4.69, 9.17) is 9.47 Å². The Kier molecular flexibility index (Phi) is 4.78. The standard InChI is InChI=1S/C29H26O2/c1-18(2)20-15-16-23-21-10-6-5-9-19(21)17-26(23)28(20)24-12-7-11-22(24)25-13-8-14-27(30-3)29(25)31-4/h5-11,13-17H,12H2,1-4H3. The van der Waals surface area contributed by atoms with E-state index in [1.54, 1.807) is 14.2 Å². The van der Waals surface area contributed by atoms with Crippen molar-refractivity contribution in [2.24, 2.45) is 0 Å². The number of rotatable bonds is 4. The van der Waals surface area contributed by atoms with E-state index < -0.39 is 0 Å². The Bertz CT molecular complexity index is 1480. The Balaban J connectivity index is 1.89. The molecule has 0 aromatic heterocycles. The average Bonchev–Trinajstić information content (AvgIpc) is 3.42. The minimum Gasteiger partial charge on any atom is -0.493 e. The summed E-state index contributed by atoms with van der Waals surface area (Å²) in [7, 11) is 3.39. The highest BCUT2D eigenvalue weighted by Gasteiger charge is 2.22. The summed E-state index contributed by atoms with van der Waals surface area (Å²) in [5, 5.41) is 5.22. The predicted molar refractivity (Wildman–Crippen MR) is 128 cm³/mol. The molecule has 0 amide bonds. The summed E-state index contributed by atoms with van der Waals surface area (Å²) in [4.78, 5) is 0. The van der Waals surface area contributed by atoms with Crippen LogP contribution in [-0.4, -0.2) is 14.2 Å². The van der Waals surface area contributed by atoms with Crippen molar-refractivity contribution in [2.75, 3.05) is 14.2 Å². The van der Waals surface area contributed by atoms with Gasteiger partial charge in [-0.25, -0.2) is 0 Å². The van der Waals surface area contributed by atoms with Crippen LogP contribution in [0.2, 0.25) is 0 Å². The topological polar surface area (TPSA) is 18.5 Å². The Morgan fingerprint density at radius 3 is 2.45 bits per heavy atom. The minimum atomic E-state index is 0.753. The van der Waals surface area contributed by atoms with E-state index in [-0.39, 0.29) is 0 Å². The lowest BCUT2D eigenvalue weighted by Crippen LogP contribution is -2.13. The molecule has 5 rings (SSSR count). The molecular weight excluding hydrogens is 380 g/mol. The number of hydrogen-bond acceptors (Lipinski definition) is 2. The molecule has 31 heavy (non-hydrogen) atoms. The smallest absolute Gasteiger partial charge is 0.168 e. The lowest BCUT2D eigenvalue weighted by molar-refractivity contribution is 0.354. The number of benzene rings is 3. The van der Waals surface area contributed by atoms with Gasteiger partial charge in [-0.05, 0) is 75.6 Å². The molecule has 154 valence electrons. The van der Waals surface area contributed by atoms with Crippen molar-refractivity contribution in [2.45, 2.75) is 20.3 Å². The zero-order chi connectivity index (χ0) is 21.5. The molecule has 0 N–H and O–H groups in total. The molecule has 0 atom stereocenters. The zero-order valence-electron chi connectivity index (χ0n) is 18.5. The van der Waals surface area contributed by atoms with Crippen LogP contribution in [0.1, 0.15) is 37.0 Å². The second-order valence-electron chi connectivity index (χ2n) is 8.22. The second-order valence-corrected chi connectivity index (χ2v) is 8.22. The molecule has 3 aromatic carbocycles. The summed E-state index contributed by atoms with van der Waals surface area (Å²) < 4.78 is 11.4. The number of para-hydroxylation sites is 1. The molecule has 0 saturated heterocycles. The minimum absolute atomic E-state index is 0.753. The molecule has 2 heteroatoms. The molecule has 0 radical (unpaired) electrons. The van der Waals surface area contributed by atoms with Gasteiger partial charge in [0.25, 0.3) is 0 Å². The Morgan fingerprint density at radius 1 is 0.839 bits per heavy atom. The number of fused-ring (bicyclic) bond motifs is 2. The maximum Gasteiger partial charge on any atom is 0.168 e. The summed E-state index contributed by atoms with van der Waals surface area (Å²) in [6.45, 7) is 4.39. The highest BCUT2D eigenvalue weighted by atomic mass is 16.5. The quantitative estimate of drug-likeness (QED) is 0.464. The van der Waals surface area contributed by atoms with E-state index in [2.05, 4.69) is 74.5 Å². The van der Waals surface area contributed by atoms with Gasteiger partial charge in [0.05, 0.1) is 14.2 Å². The molecular formula is C29H26O2. The van der Waals surface area contributed by atoms with Crippen LogP contribution in [0.4, 0.5) is 0 Å². The largest absolute Gasteiger partial charge is 0.493 e. The van der Waals surface area contributed by atoms with Gasteiger partial charge in [0.2, 0.25) is 0 Å². The molecule has 0 spiro atoms. The molecule has 2 nitrogen and oxygen atoms in total. The van der Waals surface area contributed by atoms with E-state index in [9.17, 15) is 0 Å². The van der Waals surface area contributed by atoms with Gasteiger partial charge in [0.1, 0.15) is 0 Å². The van der Waals surface area contributed by atoms with E-state index in [0.29, 0.717) is 0 Å². The lowest BCUT2D eigenvalue weighted by Gasteiger charge is -2.17. The van der Waals surface area contributed by atoms with Crippen LogP contribution in [0.5, 0.6) is 11.5 Å². The third kappa shape index (κ3) is 3.02. The first-order valence-corrected chi connectivity index (χ1v) is 10.7. The van der Waals surface area contributed by atoms with Gasteiger partial charge in [-0.15, -0.1) is 0 Å². The molecule has 0 saturated carbocycles. The first kappa shape index (κ1) is 19.4. The summed E-state index contributed by atoms with van der Waals surface area (Å²) in [5.41, 5.74) is 7.58. The molecule has 0 aliphatic heterocycles. The van der Waals surface area contributed by atoms with Gasteiger partial charge in [-0.2, -0.15) is 0 Å². The predicted octanol–water partition coefficient (Wildman–Crippen LogP) is 5.19. The number of ether oxygens (including phenoxy) is 2. The monoisotopic (exact) mass is 406 g/mol. The van der Waals surface area contributed by atoms with Crippen LogP contribution in [-0.2, 0) is 0 Å².